The predicted octanol–water partition coefficient (Wildman–Crippen LogP) is 2.65. The number of rotatable bonds is 2. The van der Waals surface area contributed by atoms with E-state index >= 15 is 0 Å². The maximum absolute atomic E-state index is 4.12. The molecule has 1 radical (unpaired) electrons. The van der Waals surface area contributed by atoms with Gasteiger partial charge in [0.05, 0.1) is 0 Å². The molecule has 1 aliphatic carbocycles. The minimum absolute atomic E-state index is 0.522. The van der Waals surface area contributed by atoms with Crippen LogP contribution in [0, 0.1) is 18.3 Å². The van der Waals surface area contributed by atoms with Crippen molar-refractivity contribution in [1.29, 1.82) is 0 Å². The Balaban J connectivity index is 2.19. The zero-order valence-electron chi connectivity index (χ0n) is 5.91. The topological polar surface area (TPSA) is 0 Å². The Morgan fingerprint density at radius 1 is 1.50 bits per heavy atom. The van der Waals surface area contributed by atoms with Crippen molar-refractivity contribution in [1.82, 2.24) is 0 Å². The fourth-order valence-corrected chi connectivity index (χ4v) is 1.25. The Bertz CT molecular complexity index is 78.0. The van der Waals surface area contributed by atoms with Gasteiger partial charge >= 0.3 is 0 Å². The van der Waals surface area contributed by atoms with E-state index in [1.807, 2.05) is 0 Å². The minimum Gasteiger partial charge on any atom is -0.0628 e. The SMILES string of the molecule is [CH2]C1(CC(C)C)CC1. The Morgan fingerprint density at radius 2 is 2.00 bits per heavy atom. The van der Waals surface area contributed by atoms with Gasteiger partial charge in [-0.05, 0) is 37.5 Å². The van der Waals surface area contributed by atoms with E-state index in [-0.39, 0.29) is 0 Å². The predicted molar refractivity (Wildman–Crippen MR) is 36.5 cm³/mol. The van der Waals surface area contributed by atoms with Crippen LogP contribution < -0.4 is 0 Å². The van der Waals surface area contributed by atoms with Crippen LogP contribution in [0.4, 0.5) is 0 Å². The maximum Gasteiger partial charge on any atom is -0.0294 e. The van der Waals surface area contributed by atoms with Crippen LogP contribution in [-0.2, 0) is 0 Å². The molecular formula is C8H15. The van der Waals surface area contributed by atoms with Gasteiger partial charge in [-0.1, -0.05) is 13.8 Å². The van der Waals surface area contributed by atoms with Crippen LogP contribution in [0.25, 0.3) is 0 Å². The normalized spacial score (nSPS) is 24.0. The first-order valence-electron chi connectivity index (χ1n) is 3.48. The fourth-order valence-electron chi connectivity index (χ4n) is 1.25. The lowest BCUT2D eigenvalue weighted by Crippen LogP contribution is -1.98. The highest BCUT2D eigenvalue weighted by molar-refractivity contribution is 4.95. The van der Waals surface area contributed by atoms with Gasteiger partial charge in [-0.15, -0.1) is 0 Å². The van der Waals surface area contributed by atoms with E-state index in [4.69, 9.17) is 0 Å². The zero-order valence-corrected chi connectivity index (χ0v) is 5.91. The minimum atomic E-state index is 0.522. The van der Waals surface area contributed by atoms with Crippen molar-refractivity contribution in [2.75, 3.05) is 0 Å². The van der Waals surface area contributed by atoms with Gasteiger partial charge in [-0.25, -0.2) is 0 Å². The molecule has 8 heavy (non-hydrogen) atoms. The van der Waals surface area contributed by atoms with Gasteiger partial charge in [0.1, 0.15) is 0 Å². The molecule has 0 nitrogen and oxygen atoms in total. The third-order valence-electron chi connectivity index (χ3n) is 1.80. The Hall–Kier alpha value is 0. The molecule has 0 aromatic heterocycles. The van der Waals surface area contributed by atoms with Crippen LogP contribution in [0.2, 0.25) is 0 Å². The van der Waals surface area contributed by atoms with Gasteiger partial charge in [-0.3, -0.25) is 0 Å². The first-order chi connectivity index (χ1) is 3.62. The number of hydrogen-bond acceptors (Lipinski definition) is 0. The molecule has 1 rings (SSSR count). The molecule has 0 atom stereocenters. The van der Waals surface area contributed by atoms with E-state index in [9.17, 15) is 0 Å². The van der Waals surface area contributed by atoms with Crippen molar-refractivity contribution in [3.63, 3.8) is 0 Å². The second-order valence-corrected chi connectivity index (χ2v) is 3.60. The molecule has 1 aliphatic rings. The third kappa shape index (κ3) is 1.50. The second kappa shape index (κ2) is 1.75. The Morgan fingerprint density at radius 3 is 2.12 bits per heavy atom. The van der Waals surface area contributed by atoms with Crippen molar-refractivity contribution in [3.8, 4) is 0 Å². The third-order valence-corrected chi connectivity index (χ3v) is 1.80. The summed E-state index contributed by atoms with van der Waals surface area (Å²) in [5.41, 5.74) is 0.522. The molecule has 0 bridgehead atoms. The highest BCUT2D eigenvalue weighted by Crippen LogP contribution is 2.49. The summed E-state index contributed by atoms with van der Waals surface area (Å²) < 4.78 is 0. The Labute approximate surface area is 52.3 Å². The van der Waals surface area contributed by atoms with E-state index in [0.29, 0.717) is 5.41 Å². The molecule has 1 fully saturated rings. The summed E-state index contributed by atoms with van der Waals surface area (Å²) in [5.74, 6) is 0.843. The van der Waals surface area contributed by atoms with Crippen molar-refractivity contribution >= 4 is 0 Å². The molecular weight excluding hydrogens is 96.1 g/mol. The van der Waals surface area contributed by atoms with Crippen LogP contribution in [-0.4, -0.2) is 0 Å². The van der Waals surface area contributed by atoms with Crippen LogP contribution in [0.1, 0.15) is 33.1 Å². The van der Waals surface area contributed by atoms with Gasteiger partial charge < -0.3 is 0 Å². The summed E-state index contributed by atoms with van der Waals surface area (Å²) in [5, 5.41) is 0. The fraction of sp³-hybridized carbons (Fsp3) is 0.875. The van der Waals surface area contributed by atoms with Gasteiger partial charge in [0, 0.05) is 0 Å². The molecule has 1 saturated carbocycles. The van der Waals surface area contributed by atoms with Crippen LogP contribution >= 0.6 is 0 Å². The van der Waals surface area contributed by atoms with Crippen molar-refractivity contribution < 1.29 is 0 Å². The van der Waals surface area contributed by atoms with Crippen molar-refractivity contribution in [3.05, 3.63) is 6.92 Å². The average Bonchev–Trinajstić information content (AvgIpc) is 2.17. The molecule has 0 heterocycles. The maximum atomic E-state index is 4.12. The lowest BCUT2D eigenvalue weighted by Gasteiger charge is -2.09. The molecule has 0 amide bonds. The van der Waals surface area contributed by atoms with Gasteiger partial charge in [0.2, 0.25) is 0 Å². The summed E-state index contributed by atoms with van der Waals surface area (Å²) >= 11 is 0. The molecule has 0 N–H and O–H groups in total. The van der Waals surface area contributed by atoms with Crippen molar-refractivity contribution in [2.45, 2.75) is 33.1 Å². The average molecular weight is 111 g/mol. The van der Waals surface area contributed by atoms with E-state index in [1.54, 1.807) is 0 Å². The van der Waals surface area contributed by atoms with Gasteiger partial charge in [0.25, 0.3) is 0 Å². The van der Waals surface area contributed by atoms with Crippen LogP contribution in [0.5, 0.6) is 0 Å². The van der Waals surface area contributed by atoms with E-state index in [2.05, 4.69) is 20.8 Å². The zero-order chi connectivity index (χ0) is 6.20. The largest absolute Gasteiger partial charge is 0.0628 e. The first kappa shape index (κ1) is 6.12. The van der Waals surface area contributed by atoms with Crippen molar-refractivity contribution in [2.24, 2.45) is 11.3 Å². The van der Waals surface area contributed by atoms with E-state index in [1.165, 1.54) is 19.3 Å². The summed E-state index contributed by atoms with van der Waals surface area (Å²) in [4.78, 5) is 0. The molecule has 0 unspecified atom stereocenters. The smallest absolute Gasteiger partial charge is 0.0294 e. The molecule has 0 aliphatic heterocycles. The molecule has 0 saturated heterocycles. The Kier molecular flexibility index (Phi) is 1.34. The molecule has 0 aromatic carbocycles. The quantitative estimate of drug-likeness (QED) is 0.514. The van der Waals surface area contributed by atoms with Crippen LogP contribution in [0.3, 0.4) is 0 Å². The molecule has 47 valence electrons. The monoisotopic (exact) mass is 111 g/mol. The summed E-state index contributed by atoms with van der Waals surface area (Å²) in [7, 11) is 0. The highest BCUT2D eigenvalue weighted by Gasteiger charge is 2.37. The lowest BCUT2D eigenvalue weighted by atomic mass is 9.97. The summed E-state index contributed by atoms with van der Waals surface area (Å²) in [6, 6.07) is 0. The van der Waals surface area contributed by atoms with E-state index < -0.39 is 0 Å². The molecule has 0 spiro atoms. The number of hydrogen-bond donors (Lipinski definition) is 0. The lowest BCUT2D eigenvalue weighted by molar-refractivity contribution is 0.459. The summed E-state index contributed by atoms with van der Waals surface area (Å²) in [6.45, 7) is 8.66. The van der Waals surface area contributed by atoms with Crippen LogP contribution in [0.15, 0.2) is 0 Å². The summed E-state index contributed by atoms with van der Waals surface area (Å²) in [6.07, 6.45) is 4.06. The first-order valence-corrected chi connectivity index (χ1v) is 3.48. The highest BCUT2D eigenvalue weighted by atomic mass is 14.4. The van der Waals surface area contributed by atoms with E-state index in [0.717, 1.165) is 5.92 Å². The van der Waals surface area contributed by atoms with Gasteiger partial charge in [0.15, 0.2) is 0 Å². The molecule has 0 aromatic rings. The molecule has 0 heteroatoms. The standard InChI is InChI=1S/C8H15/c1-7(2)6-8(3)4-5-8/h7H,3-6H2,1-2H3. The second-order valence-electron chi connectivity index (χ2n) is 3.60. The van der Waals surface area contributed by atoms with Gasteiger partial charge in [-0.2, -0.15) is 0 Å².